The normalized spacial score (nSPS) is 20.1. The number of hydrogen-bond acceptors (Lipinski definition) is 2. The molecule has 13 heavy (non-hydrogen) atoms. The summed E-state index contributed by atoms with van der Waals surface area (Å²) in [5, 5.41) is 15.7. The Morgan fingerprint density at radius 3 is 1.62 bits per heavy atom. The second-order valence-electron chi connectivity index (χ2n) is 2.26. The summed E-state index contributed by atoms with van der Waals surface area (Å²) in [5.41, 5.74) is 0. The van der Waals surface area contributed by atoms with Gasteiger partial charge in [-0.05, 0) is 0 Å². The van der Waals surface area contributed by atoms with E-state index in [4.69, 9.17) is 10.2 Å². The van der Waals surface area contributed by atoms with Crippen molar-refractivity contribution in [1.29, 1.82) is 0 Å². The van der Waals surface area contributed by atoms with Gasteiger partial charge < -0.3 is 10.2 Å². The molecule has 0 fully saturated rings. The van der Waals surface area contributed by atoms with Gasteiger partial charge in [-0.3, -0.25) is 0 Å². The van der Waals surface area contributed by atoms with Crippen LogP contribution in [0, 0.1) is 0 Å². The average Bonchev–Trinajstić information content (AvgIpc) is 1.98. The number of halogens is 6. The summed E-state index contributed by atoms with van der Waals surface area (Å²) in [6.45, 7) is 0. The third-order valence-corrected chi connectivity index (χ3v) is 1.20. The molecule has 0 amide bonds. The SMILES string of the molecule is OC(C(F)F)C(F)C(F)C(O)(F)F. The Balaban J connectivity index is 4.34. The molecule has 0 bridgehead atoms. The maximum Gasteiger partial charge on any atom is 0.387 e. The van der Waals surface area contributed by atoms with E-state index in [1.807, 2.05) is 0 Å². The lowest BCUT2D eigenvalue weighted by Crippen LogP contribution is -2.45. The minimum absolute atomic E-state index is 3.19. The van der Waals surface area contributed by atoms with Crippen LogP contribution in [0.2, 0.25) is 0 Å². The summed E-state index contributed by atoms with van der Waals surface area (Å²) in [5.74, 6) is 0. The minimum atomic E-state index is -5.09. The maximum atomic E-state index is 12.2. The van der Waals surface area contributed by atoms with E-state index in [9.17, 15) is 26.3 Å². The van der Waals surface area contributed by atoms with E-state index >= 15 is 0 Å². The Labute approximate surface area is 68.8 Å². The van der Waals surface area contributed by atoms with E-state index in [1.165, 1.54) is 0 Å². The van der Waals surface area contributed by atoms with E-state index in [1.54, 1.807) is 0 Å². The van der Waals surface area contributed by atoms with Gasteiger partial charge in [-0.15, -0.1) is 0 Å². The first-order chi connectivity index (χ1) is 5.68. The smallest absolute Gasteiger partial charge is 0.384 e. The summed E-state index contributed by atoms with van der Waals surface area (Å²) >= 11 is 0. The standard InChI is InChI=1S/C5H6F6O2/c6-1(2(12)4(8)9)3(7)5(10,11)13/h1-4,12-13H. The van der Waals surface area contributed by atoms with Crippen molar-refractivity contribution in [2.75, 3.05) is 0 Å². The minimum Gasteiger partial charge on any atom is -0.384 e. The molecule has 0 heterocycles. The van der Waals surface area contributed by atoms with Gasteiger partial charge in [0.05, 0.1) is 0 Å². The van der Waals surface area contributed by atoms with Crippen molar-refractivity contribution in [1.82, 2.24) is 0 Å². The van der Waals surface area contributed by atoms with Gasteiger partial charge in [0.25, 0.3) is 6.43 Å². The molecular formula is C5H6F6O2. The van der Waals surface area contributed by atoms with E-state index in [0.717, 1.165) is 0 Å². The van der Waals surface area contributed by atoms with Gasteiger partial charge >= 0.3 is 6.11 Å². The molecule has 0 spiro atoms. The van der Waals surface area contributed by atoms with E-state index in [-0.39, 0.29) is 0 Å². The number of alkyl halides is 6. The van der Waals surface area contributed by atoms with Gasteiger partial charge in [-0.2, -0.15) is 8.78 Å². The Morgan fingerprint density at radius 1 is 1.00 bits per heavy atom. The van der Waals surface area contributed by atoms with E-state index < -0.39 is 31.0 Å². The van der Waals surface area contributed by atoms with Gasteiger partial charge in [0, 0.05) is 0 Å². The molecule has 3 unspecified atom stereocenters. The number of hydrogen-bond donors (Lipinski definition) is 2. The molecule has 0 saturated heterocycles. The van der Waals surface area contributed by atoms with Crippen molar-refractivity contribution in [3.8, 4) is 0 Å². The first-order valence-electron chi connectivity index (χ1n) is 3.02. The topological polar surface area (TPSA) is 40.5 Å². The fourth-order valence-electron chi connectivity index (χ4n) is 0.504. The molecule has 0 rings (SSSR count). The highest BCUT2D eigenvalue weighted by Gasteiger charge is 2.48. The van der Waals surface area contributed by atoms with E-state index in [0.29, 0.717) is 0 Å². The van der Waals surface area contributed by atoms with Crippen molar-refractivity contribution in [3.05, 3.63) is 0 Å². The van der Waals surface area contributed by atoms with Crippen molar-refractivity contribution in [2.45, 2.75) is 31.0 Å². The quantitative estimate of drug-likeness (QED) is 0.679. The summed E-state index contributed by atoms with van der Waals surface area (Å²) in [6, 6.07) is 0. The first-order valence-corrected chi connectivity index (χ1v) is 3.02. The van der Waals surface area contributed by atoms with Crippen LogP contribution in [-0.2, 0) is 0 Å². The average molecular weight is 212 g/mol. The Hall–Kier alpha value is -0.500. The highest BCUT2D eigenvalue weighted by molar-refractivity contribution is 4.82. The second-order valence-corrected chi connectivity index (χ2v) is 2.26. The summed E-state index contributed by atoms with van der Waals surface area (Å²) < 4.78 is 70.3. The molecule has 2 nitrogen and oxygen atoms in total. The lowest BCUT2D eigenvalue weighted by atomic mass is 10.1. The zero-order valence-corrected chi connectivity index (χ0v) is 5.97. The van der Waals surface area contributed by atoms with Crippen molar-refractivity contribution in [2.24, 2.45) is 0 Å². The van der Waals surface area contributed by atoms with Gasteiger partial charge in [0.2, 0.25) is 6.17 Å². The van der Waals surface area contributed by atoms with Gasteiger partial charge in [0.15, 0.2) is 6.17 Å². The van der Waals surface area contributed by atoms with Crippen LogP contribution in [0.5, 0.6) is 0 Å². The third kappa shape index (κ3) is 3.39. The van der Waals surface area contributed by atoms with Crippen molar-refractivity contribution < 1.29 is 36.6 Å². The van der Waals surface area contributed by atoms with Crippen molar-refractivity contribution >= 4 is 0 Å². The molecule has 0 aliphatic rings. The highest BCUT2D eigenvalue weighted by atomic mass is 19.3. The number of aliphatic hydroxyl groups is 2. The highest BCUT2D eigenvalue weighted by Crippen LogP contribution is 2.26. The molecule has 8 heteroatoms. The Bertz CT molecular complexity index is 158. The Kier molecular flexibility index (Phi) is 3.98. The van der Waals surface area contributed by atoms with Crippen LogP contribution < -0.4 is 0 Å². The molecule has 0 radical (unpaired) electrons. The van der Waals surface area contributed by atoms with Crippen LogP contribution in [0.4, 0.5) is 26.3 Å². The van der Waals surface area contributed by atoms with Crippen LogP contribution in [-0.4, -0.2) is 41.2 Å². The molecule has 0 aliphatic carbocycles. The molecule has 3 atom stereocenters. The molecule has 80 valence electrons. The Morgan fingerprint density at radius 2 is 1.38 bits per heavy atom. The fraction of sp³-hybridized carbons (Fsp3) is 1.00. The predicted octanol–water partition coefficient (Wildman–Crippen LogP) is 0.874. The lowest BCUT2D eigenvalue weighted by molar-refractivity contribution is -0.262. The molecule has 0 aliphatic heterocycles. The lowest BCUT2D eigenvalue weighted by Gasteiger charge is -2.21. The largest absolute Gasteiger partial charge is 0.387 e. The first kappa shape index (κ1) is 12.5. The second kappa shape index (κ2) is 4.14. The monoisotopic (exact) mass is 212 g/mol. The zero-order valence-electron chi connectivity index (χ0n) is 5.97. The van der Waals surface area contributed by atoms with Gasteiger partial charge in [-0.1, -0.05) is 0 Å². The molecule has 2 N–H and O–H groups in total. The van der Waals surface area contributed by atoms with Gasteiger partial charge in [0.1, 0.15) is 6.10 Å². The van der Waals surface area contributed by atoms with Crippen LogP contribution >= 0.6 is 0 Å². The van der Waals surface area contributed by atoms with E-state index in [2.05, 4.69) is 0 Å². The summed E-state index contributed by atoms with van der Waals surface area (Å²) in [4.78, 5) is 0. The van der Waals surface area contributed by atoms with Crippen LogP contribution in [0.3, 0.4) is 0 Å². The van der Waals surface area contributed by atoms with Gasteiger partial charge in [-0.25, -0.2) is 17.6 Å². The summed E-state index contributed by atoms with van der Waals surface area (Å²) in [6.07, 6.45) is -19.4. The molecule has 0 aromatic rings. The number of rotatable bonds is 4. The molecule has 0 saturated carbocycles. The summed E-state index contributed by atoms with van der Waals surface area (Å²) in [7, 11) is 0. The maximum absolute atomic E-state index is 12.2. The molecule has 0 aromatic carbocycles. The zero-order chi connectivity index (χ0) is 10.8. The predicted molar refractivity (Wildman–Crippen MR) is 29.0 cm³/mol. The fourth-order valence-corrected chi connectivity index (χ4v) is 0.504. The number of aliphatic hydroxyl groups excluding tert-OH is 1. The van der Waals surface area contributed by atoms with Crippen molar-refractivity contribution in [3.63, 3.8) is 0 Å². The molecular weight excluding hydrogens is 206 g/mol. The third-order valence-electron chi connectivity index (χ3n) is 1.20. The molecule has 0 aromatic heterocycles. The van der Waals surface area contributed by atoms with Crippen LogP contribution in [0.1, 0.15) is 0 Å². The van der Waals surface area contributed by atoms with Crippen LogP contribution in [0.25, 0.3) is 0 Å². The van der Waals surface area contributed by atoms with Crippen LogP contribution in [0.15, 0.2) is 0 Å².